The summed E-state index contributed by atoms with van der Waals surface area (Å²) in [6.07, 6.45) is 2.12. The van der Waals surface area contributed by atoms with Crippen molar-refractivity contribution < 1.29 is 5.11 Å². The van der Waals surface area contributed by atoms with Crippen LogP contribution in [0, 0.1) is 0 Å². The first kappa shape index (κ1) is 14.3. The summed E-state index contributed by atoms with van der Waals surface area (Å²) in [5.41, 5.74) is 0.237. The normalized spacial score (nSPS) is 14.4. The lowest BCUT2D eigenvalue weighted by molar-refractivity contribution is 0.289. The predicted molar refractivity (Wildman–Crippen MR) is 66.0 cm³/mol. The number of thioether (sulfide) groups is 1. The van der Waals surface area contributed by atoms with E-state index in [1.54, 1.807) is 0 Å². The van der Waals surface area contributed by atoms with Gasteiger partial charge >= 0.3 is 0 Å². The molecule has 0 aliphatic heterocycles. The smallest absolute Gasteiger partial charge is 0.0441 e. The highest BCUT2D eigenvalue weighted by molar-refractivity contribution is 7.99. The zero-order valence-electron chi connectivity index (χ0n) is 9.97. The first-order valence-electron chi connectivity index (χ1n) is 5.43. The second-order valence-corrected chi connectivity index (χ2v) is 6.27. The molecule has 0 saturated heterocycles. The first-order valence-corrected chi connectivity index (χ1v) is 6.48. The summed E-state index contributed by atoms with van der Waals surface area (Å²) in [7, 11) is 0. The molecule has 0 aliphatic rings. The van der Waals surface area contributed by atoms with E-state index in [1.807, 2.05) is 11.8 Å². The molecule has 0 heterocycles. The third-order valence-electron chi connectivity index (χ3n) is 1.91. The van der Waals surface area contributed by atoms with Gasteiger partial charge in [0.1, 0.15) is 0 Å². The van der Waals surface area contributed by atoms with Crippen LogP contribution >= 0.6 is 11.8 Å². The number of aliphatic hydroxyl groups excluding tert-OH is 1. The summed E-state index contributed by atoms with van der Waals surface area (Å²) in [6, 6.07) is 0. The van der Waals surface area contributed by atoms with Gasteiger partial charge in [0.15, 0.2) is 0 Å². The topological polar surface area (TPSA) is 32.3 Å². The Kier molecular flexibility index (Phi) is 7.69. The van der Waals surface area contributed by atoms with Crippen LogP contribution in [0.3, 0.4) is 0 Å². The molecule has 86 valence electrons. The van der Waals surface area contributed by atoms with Gasteiger partial charge in [-0.3, -0.25) is 0 Å². The van der Waals surface area contributed by atoms with Crippen LogP contribution in [0.1, 0.15) is 40.5 Å². The van der Waals surface area contributed by atoms with Crippen molar-refractivity contribution in [3.63, 3.8) is 0 Å². The minimum atomic E-state index is 0.237. The minimum Gasteiger partial charge on any atom is -0.396 e. The zero-order chi connectivity index (χ0) is 11.0. The van der Waals surface area contributed by atoms with Crippen LogP contribution in [-0.4, -0.2) is 34.8 Å². The molecule has 0 bridgehead atoms. The lowest BCUT2D eigenvalue weighted by Crippen LogP contribution is -2.36. The molecule has 0 amide bonds. The monoisotopic (exact) mass is 219 g/mol. The molecular weight excluding hydrogens is 194 g/mol. The largest absolute Gasteiger partial charge is 0.396 e. The second-order valence-electron chi connectivity index (χ2n) is 4.72. The molecule has 0 saturated carbocycles. The Morgan fingerprint density at radius 3 is 2.50 bits per heavy atom. The number of hydrogen-bond acceptors (Lipinski definition) is 3. The number of rotatable bonds is 7. The third-order valence-corrected chi connectivity index (χ3v) is 3.24. The lowest BCUT2D eigenvalue weighted by atomic mass is 10.1. The summed E-state index contributed by atoms with van der Waals surface area (Å²) in [4.78, 5) is 0. The van der Waals surface area contributed by atoms with Crippen molar-refractivity contribution in [1.82, 2.24) is 5.32 Å². The Morgan fingerprint density at radius 2 is 2.00 bits per heavy atom. The molecule has 2 nitrogen and oxygen atoms in total. The second kappa shape index (κ2) is 7.55. The van der Waals surface area contributed by atoms with Crippen molar-refractivity contribution in [3.05, 3.63) is 0 Å². The molecule has 0 aromatic carbocycles. The van der Waals surface area contributed by atoms with Crippen LogP contribution in [0.4, 0.5) is 0 Å². The lowest BCUT2D eigenvalue weighted by Gasteiger charge is -2.20. The minimum absolute atomic E-state index is 0.237. The molecule has 14 heavy (non-hydrogen) atoms. The van der Waals surface area contributed by atoms with Crippen molar-refractivity contribution in [2.45, 2.75) is 51.3 Å². The molecule has 0 aromatic heterocycles. The Morgan fingerprint density at radius 1 is 1.36 bits per heavy atom. The van der Waals surface area contributed by atoms with E-state index >= 15 is 0 Å². The molecular formula is C11H25NOS. The van der Waals surface area contributed by atoms with Crippen LogP contribution in [0.25, 0.3) is 0 Å². The third kappa shape index (κ3) is 10.4. The predicted octanol–water partition coefficient (Wildman–Crippen LogP) is 2.27. The summed E-state index contributed by atoms with van der Waals surface area (Å²) in [6.45, 7) is 10.1. The highest BCUT2D eigenvalue weighted by atomic mass is 32.2. The molecule has 0 radical (unpaired) electrons. The Bertz CT molecular complexity index is 134. The molecule has 2 N–H and O–H groups in total. The van der Waals surface area contributed by atoms with Crippen LogP contribution in [-0.2, 0) is 0 Å². The fourth-order valence-corrected chi connectivity index (χ4v) is 2.07. The van der Waals surface area contributed by atoms with E-state index < -0.39 is 0 Å². The maximum atomic E-state index is 8.72. The maximum Gasteiger partial charge on any atom is 0.0441 e. The summed E-state index contributed by atoms with van der Waals surface area (Å²) in [5, 5.41) is 12.8. The van der Waals surface area contributed by atoms with Gasteiger partial charge in [-0.25, -0.2) is 0 Å². The Labute approximate surface area is 92.9 Å². The number of aliphatic hydroxyl groups is 1. The van der Waals surface area contributed by atoms with Crippen molar-refractivity contribution in [2.24, 2.45) is 0 Å². The molecule has 0 rings (SSSR count). The van der Waals surface area contributed by atoms with Gasteiger partial charge in [0.05, 0.1) is 0 Å². The summed E-state index contributed by atoms with van der Waals surface area (Å²) >= 11 is 1.95. The average molecular weight is 219 g/mol. The van der Waals surface area contributed by atoms with Crippen LogP contribution < -0.4 is 5.32 Å². The highest BCUT2D eigenvalue weighted by Crippen LogP contribution is 2.14. The number of hydrogen-bond donors (Lipinski definition) is 2. The molecule has 0 spiro atoms. The van der Waals surface area contributed by atoms with E-state index in [4.69, 9.17) is 5.11 Å². The molecule has 0 aromatic rings. The van der Waals surface area contributed by atoms with E-state index in [0.29, 0.717) is 11.9 Å². The van der Waals surface area contributed by atoms with Crippen molar-refractivity contribution >= 4 is 11.8 Å². The first-order chi connectivity index (χ1) is 6.45. The van der Waals surface area contributed by atoms with Crippen molar-refractivity contribution in [2.75, 3.05) is 18.9 Å². The quantitative estimate of drug-likeness (QED) is 0.644. The van der Waals surface area contributed by atoms with Gasteiger partial charge in [0, 0.05) is 17.4 Å². The van der Waals surface area contributed by atoms with Gasteiger partial charge < -0.3 is 10.4 Å². The SMILES string of the molecule is CC(CCO)SCCCNC(C)(C)C. The van der Waals surface area contributed by atoms with Gasteiger partial charge in [0.2, 0.25) is 0 Å². The van der Waals surface area contributed by atoms with E-state index in [1.165, 1.54) is 12.2 Å². The van der Waals surface area contributed by atoms with Gasteiger partial charge in [-0.2, -0.15) is 11.8 Å². The Balaban J connectivity index is 3.21. The molecule has 3 heteroatoms. The van der Waals surface area contributed by atoms with Gasteiger partial charge in [-0.15, -0.1) is 0 Å². The van der Waals surface area contributed by atoms with Crippen molar-refractivity contribution in [1.29, 1.82) is 0 Å². The average Bonchev–Trinajstić information content (AvgIpc) is 2.02. The molecule has 1 unspecified atom stereocenters. The summed E-state index contributed by atoms with van der Waals surface area (Å²) in [5.74, 6) is 1.18. The van der Waals surface area contributed by atoms with E-state index in [9.17, 15) is 0 Å². The highest BCUT2D eigenvalue weighted by Gasteiger charge is 2.07. The van der Waals surface area contributed by atoms with Crippen molar-refractivity contribution in [3.8, 4) is 0 Å². The van der Waals surface area contributed by atoms with Gasteiger partial charge in [0.25, 0.3) is 0 Å². The standard InChI is InChI=1S/C11H25NOS/c1-10(6-8-13)14-9-5-7-12-11(2,3)4/h10,12-13H,5-9H2,1-4H3. The Hall–Kier alpha value is 0.270. The van der Waals surface area contributed by atoms with Crippen LogP contribution in [0.15, 0.2) is 0 Å². The zero-order valence-corrected chi connectivity index (χ0v) is 10.8. The van der Waals surface area contributed by atoms with Gasteiger partial charge in [-0.1, -0.05) is 6.92 Å². The van der Waals surface area contributed by atoms with E-state index in [-0.39, 0.29) is 5.54 Å². The fourth-order valence-electron chi connectivity index (χ4n) is 1.09. The van der Waals surface area contributed by atoms with E-state index in [0.717, 1.165) is 13.0 Å². The maximum absolute atomic E-state index is 8.72. The molecule has 1 atom stereocenters. The van der Waals surface area contributed by atoms with Gasteiger partial charge in [-0.05, 0) is 45.9 Å². The molecule has 0 aliphatic carbocycles. The van der Waals surface area contributed by atoms with Crippen LogP contribution in [0.2, 0.25) is 0 Å². The van der Waals surface area contributed by atoms with E-state index in [2.05, 4.69) is 33.0 Å². The fraction of sp³-hybridized carbons (Fsp3) is 1.00. The number of nitrogens with one attached hydrogen (secondary N) is 1. The summed E-state index contributed by atoms with van der Waals surface area (Å²) < 4.78 is 0. The molecule has 0 fully saturated rings. The van der Waals surface area contributed by atoms with Crippen LogP contribution in [0.5, 0.6) is 0 Å².